The third kappa shape index (κ3) is 3.35. The number of amides is 1. The fourth-order valence-electron chi connectivity index (χ4n) is 2.24. The van der Waals surface area contributed by atoms with Crippen molar-refractivity contribution in [2.45, 2.75) is 22.6 Å². The maximum absolute atomic E-state index is 12.5. The Morgan fingerprint density at radius 3 is 2.86 bits per heavy atom. The number of nitrogens with one attached hydrogen (secondary N) is 2. The van der Waals surface area contributed by atoms with Crippen molar-refractivity contribution in [2.24, 2.45) is 0 Å². The highest BCUT2D eigenvalue weighted by Crippen LogP contribution is 2.28. The van der Waals surface area contributed by atoms with E-state index < -0.39 is 21.1 Å². The van der Waals surface area contributed by atoms with Crippen LogP contribution in [0.1, 0.15) is 6.42 Å². The molecule has 1 amide bonds. The molecule has 1 aromatic carbocycles. The summed E-state index contributed by atoms with van der Waals surface area (Å²) in [6.07, 6.45) is 0.158. The molecule has 8 heteroatoms. The highest BCUT2D eigenvalue weighted by Gasteiger charge is 2.38. The molecule has 1 aromatic rings. The van der Waals surface area contributed by atoms with Crippen LogP contribution in [0.5, 0.6) is 0 Å². The predicted octanol–water partition coefficient (Wildman–Crippen LogP) is 0.484. The van der Waals surface area contributed by atoms with Crippen LogP contribution in [-0.4, -0.2) is 38.7 Å². The molecular weight excluding hydrogens is 314 g/mol. The van der Waals surface area contributed by atoms with E-state index in [1.54, 1.807) is 18.2 Å². The summed E-state index contributed by atoms with van der Waals surface area (Å²) in [6.45, 7) is 0.0805. The number of sulfone groups is 1. The van der Waals surface area contributed by atoms with Crippen molar-refractivity contribution < 1.29 is 13.2 Å². The van der Waals surface area contributed by atoms with Gasteiger partial charge in [-0.25, -0.2) is 8.42 Å². The summed E-state index contributed by atoms with van der Waals surface area (Å²) in [7, 11) is -3.60. The molecule has 6 nitrogen and oxygen atoms in total. The van der Waals surface area contributed by atoms with Crippen molar-refractivity contribution in [3.63, 3.8) is 0 Å². The van der Waals surface area contributed by atoms with E-state index in [0.29, 0.717) is 0 Å². The molecule has 0 aliphatic carbocycles. The molecule has 2 rings (SSSR count). The van der Waals surface area contributed by atoms with Crippen LogP contribution in [0, 0.1) is 11.3 Å². The molecule has 1 heterocycles. The van der Waals surface area contributed by atoms with Crippen molar-refractivity contribution in [1.29, 1.82) is 5.26 Å². The Bertz CT molecular complexity index is 684. The van der Waals surface area contributed by atoms with Gasteiger partial charge in [0, 0.05) is 6.54 Å². The number of rotatable bonds is 4. The highest BCUT2D eigenvalue weighted by atomic mass is 35.5. The van der Waals surface area contributed by atoms with E-state index in [1.807, 2.05) is 0 Å². The van der Waals surface area contributed by atoms with Gasteiger partial charge in [0.15, 0.2) is 9.84 Å². The molecule has 2 N–H and O–H groups in total. The molecule has 1 fully saturated rings. The van der Waals surface area contributed by atoms with Gasteiger partial charge in [0.05, 0.1) is 27.3 Å². The molecule has 2 atom stereocenters. The first-order chi connectivity index (χ1) is 9.96. The fraction of sp³-hybridized carbons (Fsp3) is 0.385. The lowest BCUT2D eigenvalue weighted by Crippen LogP contribution is -2.40. The number of carbonyl (C=O) groups excluding carboxylic acids is 1. The second-order valence-electron chi connectivity index (χ2n) is 4.67. The first kappa shape index (κ1) is 15.8. The van der Waals surface area contributed by atoms with Gasteiger partial charge in [0.2, 0.25) is 5.91 Å². The first-order valence-corrected chi connectivity index (χ1v) is 8.25. The van der Waals surface area contributed by atoms with Crippen LogP contribution in [0.15, 0.2) is 29.2 Å². The Balaban J connectivity index is 2.13. The molecule has 112 valence electrons. The van der Waals surface area contributed by atoms with Crippen molar-refractivity contribution in [1.82, 2.24) is 10.6 Å². The molecule has 21 heavy (non-hydrogen) atoms. The molecule has 0 spiro atoms. The van der Waals surface area contributed by atoms with Gasteiger partial charge in [-0.1, -0.05) is 23.7 Å². The molecule has 0 radical (unpaired) electrons. The topological polar surface area (TPSA) is 99.1 Å². The van der Waals surface area contributed by atoms with Gasteiger partial charge < -0.3 is 10.6 Å². The van der Waals surface area contributed by atoms with E-state index in [2.05, 4.69) is 10.6 Å². The van der Waals surface area contributed by atoms with Crippen LogP contribution in [-0.2, 0) is 14.6 Å². The molecule has 1 aliphatic heterocycles. The molecule has 0 saturated carbocycles. The third-order valence-electron chi connectivity index (χ3n) is 3.33. The number of hydrogen-bond acceptors (Lipinski definition) is 5. The van der Waals surface area contributed by atoms with Gasteiger partial charge in [-0.15, -0.1) is 0 Å². The zero-order chi connectivity index (χ0) is 15.5. The summed E-state index contributed by atoms with van der Waals surface area (Å²) in [5.41, 5.74) is 0. The van der Waals surface area contributed by atoms with Crippen LogP contribution < -0.4 is 10.6 Å². The van der Waals surface area contributed by atoms with Gasteiger partial charge in [-0.05, 0) is 18.6 Å². The van der Waals surface area contributed by atoms with E-state index in [-0.39, 0.29) is 35.3 Å². The number of carbonyl (C=O) groups is 1. The third-order valence-corrected chi connectivity index (χ3v) is 5.98. The minimum Gasteiger partial charge on any atom is -0.342 e. The number of hydrogen-bond donors (Lipinski definition) is 2. The quantitative estimate of drug-likeness (QED) is 0.784. The monoisotopic (exact) mass is 327 g/mol. The molecule has 0 unspecified atom stereocenters. The SMILES string of the molecule is N#CCNC(=O)[C@@H]1C[C@@H](S(=O)(=O)c2ccccc2Cl)CN1. The number of nitriles is 1. The number of nitrogens with zero attached hydrogens (tertiary/aromatic N) is 1. The second-order valence-corrected chi connectivity index (χ2v) is 7.27. The second kappa shape index (κ2) is 6.43. The van der Waals surface area contributed by atoms with Crippen LogP contribution in [0.4, 0.5) is 0 Å². The molecule has 1 aliphatic rings. The summed E-state index contributed by atoms with van der Waals surface area (Å²) in [5, 5.41) is 13.2. The van der Waals surface area contributed by atoms with Crippen molar-refractivity contribution >= 4 is 27.3 Å². The zero-order valence-electron chi connectivity index (χ0n) is 11.0. The summed E-state index contributed by atoms with van der Waals surface area (Å²) < 4.78 is 25.1. The molecule has 0 bridgehead atoms. The van der Waals surface area contributed by atoms with Crippen LogP contribution in [0.2, 0.25) is 5.02 Å². The van der Waals surface area contributed by atoms with Crippen molar-refractivity contribution in [3.8, 4) is 6.07 Å². The summed E-state index contributed by atoms with van der Waals surface area (Å²) in [6, 6.07) is 7.44. The van der Waals surface area contributed by atoms with Crippen LogP contribution in [0.25, 0.3) is 0 Å². The van der Waals surface area contributed by atoms with Gasteiger partial charge in [-0.3, -0.25) is 4.79 Å². The van der Waals surface area contributed by atoms with Gasteiger partial charge in [0.25, 0.3) is 0 Å². The maximum atomic E-state index is 12.5. The molecule has 0 aromatic heterocycles. The van der Waals surface area contributed by atoms with Gasteiger partial charge in [0.1, 0.15) is 6.54 Å². The first-order valence-electron chi connectivity index (χ1n) is 6.33. The summed E-state index contributed by atoms with van der Waals surface area (Å²) >= 11 is 5.94. The number of benzene rings is 1. The Morgan fingerprint density at radius 2 is 2.19 bits per heavy atom. The summed E-state index contributed by atoms with van der Waals surface area (Å²) in [4.78, 5) is 11.8. The smallest absolute Gasteiger partial charge is 0.238 e. The largest absolute Gasteiger partial charge is 0.342 e. The minimum absolute atomic E-state index is 0.0801. The molecule has 1 saturated heterocycles. The summed E-state index contributed by atoms with van der Waals surface area (Å²) in [5.74, 6) is -0.367. The standard InChI is InChI=1S/C13H14ClN3O3S/c14-10-3-1-2-4-12(10)21(19,20)9-7-11(17-8-9)13(18)16-6-5-15/h1-4,9,11,17H,6-8H2,(H,16,18)/t9-,11+/m1/s1. The van der Waals surface area contributed by atoms with E-state index in [9.17, 15) is 13.2 Å². The Morgan fingerprint density at radius 1 is 1.48 bits per heavy atom. The average Bonchev–Trinajstić information content (AvgIpc) is 2.95. The van der Waals surface area contributed by atoms with Crippen LogP contribution in [0.3, 0.4) is 0 Å². The Labute approximate surface area is 128 Å². The Hall–Kier alpha value is -1.62. The minimum atomic E-state index is -3.60. The lowest BCUT2D eigenvalue weighted by atomic mass is 10.2. The fourth-order valence-corrected chi connectivity index (χ4v) is 4.43. The Kier molecular flexibility index (Phi) is 4.83. The van der Waals surface area contributed by atoms with Crippen LogP contribution >= 0.6 is 11.6 Å². The lowest BCUT2D eigenvalue weighted by molar-refractivity contribution is -0.122. The average molecular weight is 328 g/mol. The van der Waals surface area contributed by atoms with E-state index in [1.165, 1.54) is 12.1 Å². The van der Waals surface area contributed by atoms with E-state index in [4.69, 9.17) is 16.9 Å². The van der Waals surface area contributed by atoms with Crippen molar-refractivity contribution in [2.75, 3.05) is 13.1 Å². The van der Waals surface area contributed by atoms with Crippen molar-refractivity contribution in [3.05, 3.63) is 29.3 Å². The lowest BCUT2D eigenvalue weighted by Gasteiger charge is -2.12. The normalized spacial score (nSPS) is 21.7. The van der Waals surface area contributed by atoms with E-state index >= 15 is 0 Å². The van der Waals surface area contributed by atoms with Gasteiger partial charge in [-0.2, -0.15) is 5.26 Å². The molecular formula is C13H14ClN3O3S. The maximum Gasteiger partial charge on any atom is 0.238 e. The van der Waals surface area contributed by atoms with E-state index in [0.717, 1.165) is 0 Å². The van der Waals surface area contributed by atoms with Gasteiger partial charge >= 0.3 is 0 Å². The predicted molar refractivity (Wildman–Crippen MR) is 77.5 cm³/mol. The number of halogens is 1. The zero-order valence-corrected chi connectivity index (χ0v) is 12.6. The highest BCUT2D eigenvalue weighted by molar-refractivity contribution is 7.92.